The summed E-state index contributed by atoms with van der Waals surface area (Å²) in [6.45, 7) is 1.94. The van der Waals surface area contributed by atoms with Crippen molar-refractivity contribution in [3.05, 3.63) is 29.8 Å². The second kappa shape index (κ2) is 4.62. The van der Waals surface area contributed by atoms with Crippen molar-refractivity contribution in [3.8, 4) is 5.75 Å². The van der Waals surface area contributed by atoms with Gasteiger partial charge in [0.25, 0.3) is 0 Å². The molecule has 0 saturated carbocycles. The van der Waals surface area contributed by atoms with Crippen LogP contribution in [0.3, 0.4) is 0 Å². The zero-order valence-electron chi connectivity index (χ0n) is 8.62. The van der Waals surface area contributed by atoms with Crippen LogP contribution in [0.1, 0.15) is 24.6 Å². The van der Waals surface area contributed by atoms with E-state index in [1.807, 2.05) is 0 Å². The Hall–Kier alpha value is -1.09. The topological polar surface area (TPSA) is 32.3 Å². The molecule has 0 radical (unpaired) electrons. The van der Waals surface area contributed by atoms with E-state index < -0.39 is 6.17 Å². The summed E-state index contributed by atoms with van der Waals surface area (Å²) in [5.74, 6) is 0.641. The van der Waals surface area contributed by atoms with Crippen LogP contribution in [-0.2, 0) is 0 Å². The minimum atomic E-state index is -0.907. The predicted molar refractivity (Wildman–Crippen MR) is 57.5 cm³/mol. The standard InChI is InChI=1S/C12H16FNO/c13-12(7-9-5-6-14-8-9)10-1-3-11(15)4-2-10/h1-4,9,12,14-15H,5-8H2. The summed E-state index contributed by atoms with van der Waals surface area (Å²) >= 11 is 0. The highest BCUT2D eigenvalue weighted by molar-refractivity contribution is 5.27. The Balaban J connectivity index is 1.94. The number of phenolic OH excluding ortho intramolecular Hbond substituents is 1. The lowest BCUT2D eigenvalue weighted by molar-refractivity contribution is 0.280. The summed E-state index contributed by atoms with van der Waals surface area (Å²) in [6, 6.07) is 6.38. The Morgan fingerprint density at radius 2 is 2.13 bits per heavy atom. The average molecular weight is 209 g/mol. The van der Waals surface area contributed by atoms with Gasteiger partial charge in [-0.05, 0) is 49.5 Å². The third-order valence-corrected chi connectivity index (χ3v) is 2.96. The van der Waals surface area contributed by atoms with Gasteiger partial charge in [0.1, 0.15) is 11.9 Å². The van der Waals surface area contributed by atoms with Crippen molar-refractivity contribution < 1.29 is 9.50 Å². The molecule has 2 N–H and O–H groups in total. The van der Waals surface area contributed by atoms with Crippen molar-refractivity contribution in [2.45, 2.75) is 19.0 Å². The lowest BCUT2D eigenvalue weighted by Crippen LogP contribution is -2.10. The van der Waals surface area contributed by atoms with E-state index in [1.165, 1.54) is 12.1 Å². The maximum atomic E-state index is 13.8. The van der Waals surface area contributed by atoms with Crippen LogP contribution in [0.25, 0.3) is 0 Å². The van der Waals surface area contributed by atoms with Crippen molar-refractivity contribution in [3.63, 3.8) is 0 Å². The molecule has 2 unspecified atom stereocenters. The van der Waals surface area contributed by atoms with E-state index in [2.05, 4.69) is 5.32 Å². The first kappa shape index (κ1) is 10.4. The van der Waals surface area contributed by atoms with E-state index in [0.717, 1.165) is 19.5 Å². The first-order valence-corrected chi connectivity index (χ1v) is 5.39. The molecule has 82 valence electrons. The lowest BCUT2D eigenvalue weighted by Gasteiger charge is -2.13. The van der Waals surface area contributed by atoms with Gasteiger partial charge in [0, 0.05) is 0 Å². The van der Waals surface area contributed by atoms with Crippen molar-refractivity contribution in [2.75, 3.05) is 13.1 Å². The summed E-state index contributed by atoms with van der Waals surface area (Å²) in [6.07, 6.45) is 0.742. The third kappa shape index (κ3) is 2.69. The molecular weight excluding hydrogens is 193 g/mol. The van der Waals surface area contributed by atoms with E-state index in [0.29, 0.717) is 17.9 Å². The van der Waals surface area contributed by atoms with Crippen LogP contribution < -0.4 is 5.32 Å². The molecule has 1 aliphatic rings. The molecule has 1 saturated heterocycles. The minimum absolute atomic E-state index is 0.188. The maximum Gasteiger partial charge on any atom is 0.125 e. The SMILES string of the molecule is Oc1ccc(C(F)CC2CCNC2)cc1. The van der Waals surface area contributed by atoms with Gasteiger partial charge in [-0.1, -0.05) is 12.1 Å². The van der Waals surface area contributed by atoms with Crippen molar-refractivity contribution in [1.82, 2.24) is 5.32 Å². The monoisotopic (exact) mass is 209 g/mol. The number of phenols is 1. The molecule has 3 heteroatoms. The molecule has 1 heterocycles. The molecule has 0 spiro atoms. The molecule has 2 atom stereocenters. The van der Waals surface area contributed by atoms with E-state index in [1.54, 1.807) is 12.1 Å². The van der Waals surface area contributed by atoms with E-state index >= 15 is 0 Å². The first-order valence-electron chi connectivity index (χ1n) is 5.39. The Morgan fingerprint density at radius 1 is 1.40 bits per heavy atom. The van der Waals surface area contributed by atoms with Gasteiger partial charge in [-0.2, -0.15) is 0 Å². The first-order chi connectivity index (χ1) is 7.25. The van der Waals surface area contributed by atoms with Crippen LogP contribution in [0.4, 0.5) is 4.39 Å². The molecule has 15 heavy (non-hydrogen) atoms. The van der Waals surface area contributed by atoms with Crippen molar-refractivity contribution in [1.29, 1.82) is 0 Å². The number of aromatic hydroxyl groups is 1. The molecular formula is C12H16FNO. The van der Waals surface area contributed by atoms with Gasteiger partial charge in [0.2, 0.25) is 0 Å². The van der Waals surface area contributed by atoms with E-state index in [-0.39, 0.29) is 5.75 Å². The summed E-state index contributed by atoms with van der Waals surface area (Å²) in [5, 5.41) is 12.3. The highest BCUT2D eigenvalue weighted by Gasteiger charge is 2.20. The van der Waals surface area contributed by atoms with Crippen LogP contribution >= 0.6 is 0 Å². The molecule has 0 aliphatic carbocycles. The normalized spacial score (nSPS) is 22.9. The molecule has 2 rings (SSSR count). The zero-order chi connectivity index (χ0) is 10.7. The van der Waals surface area contributed by atoms with Gasteiger partial charge in [-0.15, -0.1) is 0 Å². The summed E-state index contributed by atoms with van der Waals surface area (Å²) < 4.78 is 13.8. The molecule has 1 aliphatic heterocycles. The third-order valence-electron chi connectivity index (χ3n) is 2.96. The number of benzene rings is 1. The quantitative estimate of drug-likeness (QED) is 0.801. The zero-order valence-corrected chi connectivity index (χ0v) is 8.62. The fourth-order valence-electron chi connectivity index (χ4n) is 2.03. The van der Waals surface area contributed by atoms with Gasteiger partial charge in [0.15, 0.2) is 0 Å². The van der Waals surface area contributed by atoms with Gasteiger partial charge >= 0.3 is 0 Å². The van der Waals surface area contributed by atoms with Crippen LogP contribution in [0.15, 0.2) is 24.3 Å². The minimum Gasteiger partial charge on any atom is -0.508 e. The molecule has 2 nitrogen and oxygen atoms in total. The second-order valence-electron chi connectivity index (χ2n) is 4.15. The number of hydrogen-bond donors (Lipinski definition) is 2. The predicted octanol–water partition coefficient (Wildman–Crippen LogP) is 2.40. The average Bonchev–Trinajstić information content (AvgIpc) is 2.71. The number of halogens is 1. The highest BCUT2D eigenvalue weighted by atomic mass is 19.1. The van der Waals surface area contributed by atoms with Crippen LogP contribution in [0.5, 0.6) is 5.75 Å². The Morgan fingerprint density at radius 3 is 2.73 bits per heavy atom. The fourth-order valence-corrected chi connectivity index (χ4v) is 2.03. The number of nitrogens with one attached hydrogen (secondary N) is 1. The van der Waals surface area contributed by atoms with Crippen molar-refractivity contribution in [2.24, 2.45) is 5.92 Å². The number of hydrogen-bond acceptors (Lipinski definition) is 2. The summed E-state index contributed by atoms with van der Waals surface area (Å²) in [4.78, 5) is 0. The molecule has 1 aromatic rings. The molecule has 1 fully saturated rings. The van der Waals surface area contributed by atoms with Crippen molar-refractivity contribution >= 4 is 0 Å². The van der Waals surface area contributed by atoms with Gasteiger partial charge < -0.3 is 10.4 Å². The van der Waals surface area contributed by atoms with Crippen LogP contribution in [0, 0.1) is 5.92 Å². The van der Waals surface area contributed by atoms with E-state index in [9.17, 15) is 4.39 Å². The summed E-state index contributed by atoms with van der Waals surface area (Å²) in [5.41, 5.74) is 0.666. The van der Waals surface area contributed by atoms with Crippen LogP contribution in [0.2, 0.25) is 0 Å². The van der Waals surface area contributed by atoms with Gasteiger partial charge in [-0.3, -0.25) is 0 Å². The molecule has 0 amide bonds. The fraction of sp³-hybridized carbons (Fsp3) is 0.500. The van der Waals surface area contributed by atoms with Crippen LogP contribution in [-0.4, -0.2) is 18.2 Å². The molecule has 1 aromatic carbocycles. The number of alkyl halides is 1. The smallest absolute Gasteiger partial charge is 0.125 e. The van der Waals surface area contributed by atoms with Gasteiger partial charge in [-0.25, -0.2) is 4.39 Å². The number of rotatable bonds is 3. The largest absolute Gasteiger partial charge is 0.508 e. The Labute approximate surface area is 89.1 Å². The van der Waals surface area contributed by atoms with Gasteiger partial charge in [0.05, 0.1) is 0 Å². The second-order valence-corrected chi connectivity index (χ2v) is 4.15. The highest BCUT2D eigenvalue weighted by Crippen LogP contribution is 2.28. The molecule has 0 aromatic heterocycles. The van der Waals surface area contributed by atoms with E-state index in [4.69, 9.17) is 5.11 Å². The Kier molecular flexibility index (Phi) is 3.21. The maximum absolute atomic E-state index is 13.8. The molecule has 0 bridgehead atoms. The Bertz CT molecular complexity index is 306. The lowest BCUT2D eigenvalue weighted by atomic mass is 9.97. The summed E-state index contributed by atoms with van der Waals surface area (Å²) in [7, 11) is 0.